The van der Waals surface area contributed by atoms with Gasteiger partial charge in [0.05, 0.1) is 16.8 Å². The third-order valence-corrected chi connectivity index (χ3v) is 5.24. The van der Waals surface area contributed by atoms with Crippen molar-refractivity contribution in [3.8, 4) is 0 Å². The van der Waals surface area contributed by atoms with Crippen LogP contribution >= 0.6 is 0 Å². The number of aromatic nitrogens is 1. The summed E-state index contributed by atoms with van der Waals surface area (Å²) < 4.78 is 39.8. The van der Waals surface area contributed by atoms with E-state index in [0.717, 1.165) is 17.8 Å². The van der Waals surface area contributed by atoms with Gasteiger partial charge in [0.15, 0.2) is 0 Å². The minimum absolute atomic E-state index is 0.0255. The fourth-order valence-electron chi connectivity index (χ4n) is 2.37. The Morgan fingerprint density at radius 1 is 1.00 bits per heavy atom. The first-order valence-corrected chi connectivity index (χ1v) is 9.45. The van der Waals surface area contributed by atoms with Crippen LogP contribution < -0.4 is 10.0 Å². The quantitative estimate of drug-likeness (QED) is 0.688. The topological polar surface area (TPSA) is 71.1 Å². The predicted molar refractivity (Wildman–Crippen MR) is 100.0 cm³/mol. The minimum atomic E-state index is -3.80. The fraction of sp³-hybridized carbons (Fsp3) is 0.105. The zero-order chi connectivity index (χ0) is 18.6. The molecule has 0 unspecified atom stereocenters. The SMILES string of the molecule is Cc1ccccc1CNc1ccc(NS(=O)(=O)c2ccc(F)cc2)nc1. The Morgan fingerprint density at radius 3 is 2.38 bits per heavy atom. The van der Waals surface area contributed by atoms with Gasteiger partial charge in [0.2, 0.25) is 0 Å². The number of hydrogen-bond donors (Lipinski definition) is 2. The van der Waals surface area contributed by atoms with Crippen molar-refractivity contribution >= 4 is 21.5 Å². The molecule has 26 heavy (non-hydrogen) atoms. The molecule has 0 saturated carbocycles. The molecule has 3 rings (SSSR count). The second-order valence-electron chi connectivity index (χ2n) is 5.77. The van der Waals surface area contributed by atoms with E-state index in [-0.39, 0.29) is 10.7 Å². The second-order valence-corrected chi connectivity index (χ2v) is 7.45. The van der Waals surface area contributed by atoms with Gasteiger partial charge in [-0.15, -0.1) is 0 Å². The van der Waals surface area contributed by atoms with Crippen molar-refractivity contribution in [1.29, 1.82) is 0 Å². The molecular weight excluding hydrogens is 353 g/mol. The van der Waals surface area contributed by atoms with E-state index in [0.29, 0.717) is 6.54 Å². The highest BCUT2D eigenvalue weighted by molar-refractivity contribution is 7.92. The van der Waals surface area contributed by atoms with Gasteiger partial charge >= 0.3 is 0 Å². The molecule has 2 aromatic carbocycles. The lowest BCUT2D eigenvalue weighted by molar-refractivity contribution is 0.599. The summed E-state index contributed by atoms with van der Waals surface area (Å²) in [6.07, 6.45) is 1.56. The Bertz CT molecular complexity index is 988. The summed E-state index contributed by atoms with van der Waals surface area (Å²) in [4.78, 5) is 4.09. The molecule has 0 saturated heterocycles. The van der Waals surface area contributed by atoms with E-state index in [1.807, 2.05) is 31.2 Å². The first kappa shape index (κ1) is 17.9. The number of nitrogens with one attached hydrogen (secondary N) is 2. The van der Waals surface area contributed by atoms with Gasteiger partial charge in [0.25, 0.3) is 10.0 Å². The molecule has 0 aliphatic carbocycles. The van der Waals surface area contributed by atoms with Crippen LogP contribution in [0.2, 0.25) is 0 Å². The van der Waals surface area contributed by atoms with E-state index in [4.69, 9.17) is 0 Å². The standard InChI is InChI=1S/C19H18FN3O2S/c1-14-4-2-3-5-15(14)12-21-17-8-11-19(22-13-17)23-26(24,25)18-9-6-16(20)7-10-18/h2-11,13,21H,12H2,1H3,(H,22,23). The van der Waals surface area contributed by atoms with Crippen molar-refractivity contribution in [2.75, 3.05) is 10.0 Å². The van der Waals surface area contributed by atoms with Gasteiger partial charge in [-0.2, -0.15) is 0 Å². The lowest BCUT2D eigenvalue weighted by atomic mass is 10.1. The molecule has 0 spiro atoms. The van der Waals surface area contributed by atoms with Gasteiger partial charge in [0.1, 0.15) is 11.6 Å². The predicted octanol–water partition coefficient (Wildman–Crippen LogP) is 3.94. The Hall–Kier alpha value is -2.93. The van der Waals surface area contributed by atoms with E-state index in [1.165, 1.54) is 23.3 Å². The molecule has 134 valence electrons. The van der Waals surface area contributed by atoms with Crippen LogP contribution in [-0.4, -0.2) is 13.4 Å². The van der Waals surface area contributed by atoms with Gasteiger partial charge in [-0.25, -0.2) is 17.8 Å². The minimum Gasteiger partial charge on any atom is -0.380 e. The number of nitrogens with zero attached hydrogens (tertiary/aromatic N) is 1. The van der Waals surface area contributed by atoms with Crippen LogP contribution in [0.3, 0.4) is 0 Å². The third-order valence-electron chi connectivity index (χ3n) is 3.87. The second kappa shape index (κ2) is 7.53. The zero-order valence-electron chi connectivity index (χ0n) is 14.1. The first-order chi connectivity index (χ1) is 12.4. The molecule has 0 aliphatic rings. The lowest BCUT2D eigenvalue weighted by Crippen LogP contribution is -2.14. The van der Waals surface area contributed by atoms with Crippen molar-refractivity contribution < 1.29 is 12.8 Å². The van der Waals surface area contributed by atoms with E-state index in [9.17, 15) is 12.8 Å². The van der Waals surface area contributed by atoms with E-state index >= 15 is 0 Å². The van der Waals surface area contributed by atoms with Gasteiger partial charge in [-0.3, -0.25) is 4.72 Å². The first-order valence-electron chi connectivity index (χ1n) is 7.97. The van der Waals surface area contributed by atoms with Gasteiger partial charge < -0.3 is 5.32 Å². The Morgan fingerprint density at radius 2 is 1.73 bits per heavy atom. The molecule has 2 N–H and O–H groups in total. The maximum absolute atomic E-state index is 12.9. The van der Waals surface area contributed by atoms with Gasteiger partial charge in [0, 0.05) is 6.54 Å². The van der Waals surface area contributed by atoms with Crippen LogP contribution in [0, 0.1) is 12.7 Å². The summed E-state index contributed by atoms with van der Waals surface area (Å²) in [5.74, 6) is -0.304. The summed E-state index contributed by atoms with van der Waals surface area (Å²) in [7, 11) is -3.80. The number of pyridine rings is 1. The number of halogens is 1. The zero-order valence-corrected chi connectivity index (χ0v) is 14.9. The summed E-state index contributed by atoms with van der Waals surface area (Å²) in [5.41, 5.74) is 3.14. The number of sulfonamides is 1. The smallest absolute Gasteiger partial charge is 0.263 e. The van der Waals surface area contributed by atoms with E-state index < -0.39 is 15.8 Å². The van der Waals surface area contributed by atoms with Crippen LogP contribution in [0.25, 0.3) is 0 Å². The van der Waals surface area contributed by atoms with Crippen molar-refractivity contribution in [2.45, 2.75) is 18.4 Å². The molecule has 7 heteroatoms. The highest BCUT2D eigenvalue weighted by atomic mass is 32.2. The molecule has 0 fully saturated rings. The van der Waals surface area contributed by atoms with Crippen molar-refractivity contribution in [1.82, 2.24) is 4.98 Å². The molecule has 0 bridgehead atoms. The van der Waals surface area contributed by atoms with Crippen molar-refractivity contribution in [3.63, 3.8) is 0 Å². The summed E-state index contributed by atoms with van der Waals surface area (Å²) >= 11 is 0. The van der Waals surface area contributed by atoms with E-state index in [2.05, 4.69) is 15.0 Å². The van der Waals surface area contributed by atoms with E-state index in [1.54, 1.807) is 18.3 Å². The van der Waals surface area contributed by atoms with Crippen LogP contribution in [0.4, 0.5) is 15.9 Å². The highest BCUT2D eigenvalue weighted by Gasteiger charge is 2.14. The number of rotatable bonds is 6. The number of aryl methyl sites for hydroxylation is 1. The molecule has 0 radical (unpaired) electrons. The van der Waals surface area contributed by atoms with Crippen LogP contribution in [0.1, 0.15) is 11.1 Å². The maximum Gasteiger partial charge on any atom is 0.263 e. The lowest BCUT2D eigenvalue weighted by Gasteiger charge is -2.10. The third kappa shape index (κ3) is 4.37. The molecule has 5 nitrogen and oxygen atoms in total. The summed E-state index contributed by atoms with van der Waals surface area (Å²) in [6, 6.07) is 16.0. The van der Waals surface area contributed by atoms with Crippen LogP contribution in [-0.2, 0) is 16.6 Å². The molecule has 0 atom stereocenters. The summed E-state index contributed by atoms with van der Waals surface area (Å²) in [5, 5.41) is 3.25. The number of benzene rings is 2. The molecule has 3 aromatic rings. The van der Waals surface area contributed by atoms with Crippen molar-refractivity contribution in [3.05, 3.63) is 83.8 Å². The average molecular weight is 371 g/mol. The van der Waals surface area contributed by atoms with Crippen molar-refractivity contribution in [2.24, 2.45) is 0 Å². The Labute approximate surface area is 152 Å². The largest absolute Gasteiger partial charge is 0.380 e. The van der Waals surface area contributed by atoms with Crippen LogP contribution in [0.15, 0.2) is 71.8 Å². The van der Waals surface area contributed by atoms with Gasteiger partial charge in [-0.05, 0) is 54.4 Å². The molecule has 1 heterocycles. The van der Waals surface area contributed by atoms with Crippen LogP contribution in [0.5, 0.6) is 0 Å². The maximum atomic E-state index is 12.9. The van der Waals surface area contributed by atoms with Gasteiger partial charge in [-0.1, -0.05) is 24.3 Å². The normalized spacial score (nSPS) is 11.2. The number of hydrogen-bond acceptors (Lipinski definition) is 4. The summed E-state index contributed by atoms with van der Waals surface area (Å²) in [6.45, 7) is 2.69. The highest BCUT2D eigenvalue weighted by Crippen LogP contribution is 2.17. The molecule has 1 aromatic heterocycles. The molecule has 0 aliphatic heterocycles. The Kier molecular flexibility index (Phi) is 5.18. The fourth-order valence-corrected chi connectivity index (χ4v) is 3.38. The molecular formula is C19H18FN3O2S. The monoisotopic (exact) mass is 371 g/mol. The Balaban J connectivity index is 1.66. The average Bonchev–Trinajstić information content (AvgIpc) is 2.62. The molecule has 0 amide bonds. The number of anilines is 2.